The van der Waals surface area contributed by atoms with E-state index in [0.717, 1.165) is 0 Å². The van der Waals surface area contributed by atoms with Gasteiger partial charge in [-0.25, -0.2) is 0 Å². The molecule has 0 aromatic carbocycles. The zero-order chi connectivity index (χ0) is 7.40. The van der Waals surface area contributed by atoms with Crippen LogP contribution in [-0.2, 0) is 4.79 Å². The van der Waals surface area contributed by atoms with Crippen molar-refractivity contribution in [1.29, 1.82) is 0 Å². The molecule has 1 heterocycles. The first-order valence-electron chi connectivity index (χ1n) is 2.36. The number of anilines is 1. The van der Waals surface area contributed by atoms with E-state index < -0.39 is 5.91 Å². The molecular formula is C5H3N3OS. The smallest absolute Gasteiger partial charge is 0.289 e. The number of nitrogens with one attached hydrogen (secondary N) is 1. The third-order valence-corrected chi connectivity index (χ3v) is 1.32. The lowest BCUT2D eigenvalue weighted by molar-refractivity contribution is -0.111. The molecule has 0 bridgehead atoms. The van der Waals surface area contributed by atoms with Gasteiger partial charge in [0, 0.05) is 0 Å². The second-order valence-electron chi connectivity index (χ2n) is 1.34. The first kappa shape index (κ1) is 6.71. The predicted octanol–water partition coefficient (Wildman–Crippen LogP) is 0.110. The fraction of sp³-hybridized carbons (Fsp3) is 0. The second-order valence-corrected chi connectivity index (χ2v) is 2.18. The number of hydrogen-bond acceptors (Lipinski definition) is 4. The van der Waals surface area contributed by atoms with Crippen LogP contribution in [0.4, 0.5) is 5.13 Å². The highest BCUT2D eigenvalue weighted by atomic mass is 32.1. The van der Waals surface area contributed by atoms with E-state index in [0.29, 0.717) is 5.13 Å². The second kappa shape index (κ2) is 2.94. The molecule has 5 heteroatoms. The molecule has 0 radical (unpaired) electrons. The molecule has 1 aromatic heterocycles. The van der Waals surface area contributed by atoms with E-state index in [9.17, 15) is 4.79 Å². The molecule has 0 aliphatic heterocycles. The van der Waals surface area contributed by atoms with E-state index in [1.54, 1.807) is 0 Å². The number of terminal acetylenes is 1. The third-order valence-electron chi connectivity index (χ3n) is 0.712. The van der Waals surface area contributed by atoms with Crippen molar-refractivity contribution >= 4 is 22.4 Å². The number of hydrogen-bond donors (Lipinski definition) is 1. The lowest BCUT2D eigenvalue weighted by Gasteiger charge is -1.88. The average Bonchev–Trinajstić information content (AvgIpc) is 2.40. The number of amides is 1. The highest BCUT2D eigenvalue weighted by Crippen LogP contribution is 2.06. The first-order chi connectivity index (χ1) is 4.83. The fourth-order valence-electron chi connectivity index (χ4n) is 0.361. The molecule has 0 aliphatic carbocycles. The van der Waals surface area contributed by atoms with Crippen LogP contribution in [0, 0.1) is 12.3 Å². The minimum Gasteiger partial charge on any atom is -0.289 e. The summed E-state index contributed by atoms with van der Waals surface area (Å²) in [4.78, 5) is 10.5. The van der Waals surface area contributed by atoms with Crippen molar-refractivity contribution in [3.63, 3.8) is 0 Å². The lowest BCUT2D eigenvalue weighted by atomic mass is 10.6. The summed E-state index contributed by atoms with van der Waals surface area (Å²) in [5.74, 6) is 1.39. The summed E-state index contributed by atoms with van der Waals surface area (Å²) >= 11 is 1.22. The Kier molecular flexibility index (Phi) is 1.97. The predicted molar refractivity (Wildman–Crippen MR) is 37.4 cm³/mol. The van der Waals surface area contributed by atoms with Crippen molar-refractivity contribution < 1.29 is 4.79 Å². The number of aromatic nitrogens is 2. The standard InChI is InChI=1S/C5H3N3OS/c1-2-4(9)7-5-8-6-3-10-5/h1,3H,(H,7,8,9). The van der Waals surface area contributed by atoms with Gasteiger partial charge in [0.1, 0.15) is 5.51 Å². The molecule has 0 unspecified atom stereocenters. The average molecular weight is 153 g/mol. The van der Waals surface area contributed by atoms with Gasteiger partial charge in [0.25, 0.3) is 0 Å². The Morgan fingerprint density at radius 2 is 2.70 bits per heavy atom. The third kappa shape index (κ3) is 1.53. The van der Waals surface area contributed by atoms with Crippen LogP contribution in [-0.4, -0.2) is 16.1 Å². The van der Waals surface area contributed by atoms with E-state index in [1.807, 2.05) is 5.92 Å². The Hall–Kier alpha value is -1.41. The van der Waals surface area contributed by atoms with E-state index in [1.165, 1.54) is 16.8 Å². The van der Waals surface area contributed by atoms with Gasteiger partial charge >= 0.3 is 5.91 Å². The molecule has 1 aromatic rings. The van der Waals surface area contributed by atoms with E-state index in [-0.39, 0.29) is 0 Å². The van der Waals surface area contributed by atoms with Crippen molar-refractivity contribution in [2.45, 2.75) is 0 Å². The Labute approximate surface area is 61.3 Å². The Morgan fingerprint density at radius 1 is 1.90 bits per heavy atom. The molecule has 50 valence electrons. The minimum atomic E-state index is -0.503. The Bertz CT molecular complexity index is 261. The molecule has 10 heavy (non-hydrogen) atoms. The fourth-order valence-corrected chi connectivity index (χ4v) is 0.801. The van der Waals surface area contributed by atoms with Crippen molar-refractivity contribution in [3.8, 4) is 12.3 Å². The van der Waals surface area contributed by atoms with Gasteiger partial charge in [0.15, 0.2) is 0 Å². The van der Waals surface area contributed by atoms with E-state index in [2.05, 4.69) is 15.5 Å². The topological polar surface area (TPSA) is 54.9 Å². The molecule has 4 nitrogen and oxygen atoms in total. The molecule has 0 fully saturated rings. The van der Waals surface area contributed by atoms with Crippen LogP contribution in [0.15, 0.2) is 5.51 Å². The van der Waals surface area contributed by atoms with E-state index >= 15 is 0 Å². The van der Waals surface area contributed by atoms with Crippen LogP contribution in [0.2, 0.25) is 0 Å². The highest BCUT2D eigenvalue weighted by molar-refractivity contribution is 7.13. The van der Waals surface area contributed by atoms with Crippen LogP contribution in [0.1, 0.15) is 0 Å². The first-order valence-corrected chi connectivity index (χ1v) is 3.24. The number of nitrogens with zero attached hydrogens (tertiary/aromatic N) is 2. The Morgan fingerprint density at radius 3 is 3.20 bits per heavy atom. The van der Waals surface area contributed by atoms with Crippen molar-refractivity contribution in [2.24, 2.45) is 0 Å². The summed E-state index contributed by atoms with van der Waals surface area (Å²) < 4.78 is 0. The number of carbonyl (C=O) groups is 1. The van der Waals surface area contributed by atoms with Gasteiger partial charge < -0.3 is 0 Å². The van der Waals surface area contributed by atoms with Crippen molar-refractivity contribution in [1.82, 2.24) is 10.2 Å². The molecule has 0 saturated carbocycles. The summed E-state index contributed by atoms with van der Waals surface area (Å²) in [5, 5.41) is 9.80. The van der Waals surface area contributed by atoms with Gasteiger partial charge in [0.05, 0.1) is 0 Å². The molecule has 0 atom stereocenters. The van der Waals surface area contributed by atoms with Crippen LogP contribution >= 0.6 is 11.3 Å². The number of carbonyl (C=O) groups excluding carboxylic acids is 1. The number of rotatable bonds is 1. The molecule has 0 saturated heterocycles. The zero-order valence-electron chi connectivity index (χ0n) is 4.87. The zero-order valence-corrected chi connectivity index (χ0v) is 5.68. The van der Waals surface area contributed by atoms with Crippen LogP contribution in [0.25, 0.3) is 0 Å². The monoisotopic (exact) mass is 153 g/mol. The van der Waals surface area contributed by atoms with Crippen LogP contribution in [0.5, 0.6) is 0 Å². The van der Waals surface area contributed by atoms with Crippen molar-refractivity contribution in [3.05, 3.63) is 5.51 Å². The summed E-state index contributed by atoms with van der Waals surface area (Å²) in [7, 11) is 0. The molecule has 1 N–H and O–H groups in total. The van der Waals surface area contributed by atoms with Gasteiger partial charge in [-0.2, -0.15) is 0 Å². The van der Waals surface area contributed by atoms with Crippen molar-refractivity contribution in [2.75, 3.05) is 5.32 Å². The molecular weight excluding hydrogens is 150 g/mol. The minimum absolute atomic E-state index is 0.419. The van der Waals surface area contributed by atoms with Gasteiger partial charge in [-0.05, 0) is 5.92 Å². The largest absolute Gasteiger partial charge is 0.301 e. The van der Waals surface area contributed by atoms with Gasteiger partial charge in [-0.15, -0.1) is 16.6 Å². The maximum atomic E-state index is 10.5. The SMILES string of the molecule is C#CC(=O)Nc1nncs1. The quantitative estimate of drug-likeness (QED) is 0.582. The summed E-state index contributed by atoms with van der Waals surface area (Å²) in [6.45, 7) is 0. The Balaban J connectivity index is 2.59. The van der Waals surface area contributed by atoms with Gasteiger partial charge in [-0.3, -0.25) is 10.1 Å². The summed E-state index contributed by atoms with van der Waals surface area (Å²) in [6.07, 6.45) is 4.78. The van der Waals surface area contributed by atoms with Crippen LogP contribution in [0.3, 0.4) is 0 Å². The maximum Gasteiger partial charge on any atom is 0.301 e. The van der Waals surface area contributed by atoms with E-state index in [4.69, 9.17) is 6.42 Å². The molecule has 1 amide bonds. The normalized spacial score (nSPS) is 8.30. The van der Waals surface area contributed by atoms with Crippen LogP contribution < -0.4 is 5.32 Å². The molecule has 1 rings (SSSR count). The summed E-state index contributed by atoms with van der Waals surface area (Å²) in [5.41, 5.74) is 1.51. The molecule has 0 spiro atoms. The highest BCUT2D eigenvalue weighted by Gasteiger charge is 1.98. The molecule has 0 aliphatic rings. The van der Waals surface area contributed by atoms with Gasteiger partial charge in [0.2, 0.25) is 5.13 Å². The summed E-state index contributed by atoms with van der Waals surface area (Å²) in [6, 6.07) is 0. The maximum absolute atomic E-state index is 10.5. The lowest BCUT2D eigenvalue weighted by Crippen LogP contribution is -2.07. The van der Waals surface area contributed by atoms with Gasteiger partial charge in [-0.1, -0.05) is 11.3 Å².